The normalized spacial score (nSPS) is 21.8. The summed E-state index contributed by atoms with van der Waals surface area (Å²) in [6.07, 6.45) is 7.88. The molecule has 2 nitrogen and oxygen atoms in total. The molecule has 2 aromatic rings. The number of halogens is 3. The van der Waals surface area contributed by atoms with Crippen LogP contribution in [0.25, 0.3) is 11.1 Å². The molecule has 4 rings (SSSR count). The molecule has 0 saturated heterocycles. The van der Waals surface area contributed by atoms with Crippen LogP contribution in [0.4, 0.5) is 13.2 Å². The first-order valence-corrected chi connectivity index (χ1v) is 12.1. The molecule has 0 amide bonds. The molecule has 174 valence electrons. The van der Waals surface area contributed by atoms with Crippen LogP contribution in [0.15, 0.2) is 24.3 Å². The molecule has 2 aliphatic carbocycles. The summed E-state index contributed by atoms with van der Waals surface area (Å²) in [7, 11) is 0. The fraction of sp³-hybridized carbons (Fsp3) is 0.556. The van der Waals surface area contributed by atoms with Crippen LogP contribution in [0.5, 0.6) is 11.5 Å². The van der Waals surface area contributed by atoms with Crippen LogP contribution in [-0.2, 0) is 0 Å². The van der Waals surface area contributed by atoms with Gasteiger partial charge in [0.2, 0.25) is 0 Å². The fourth-order valence-electron chi connectivity index (χ4n) is 5.21. The highest BCUT2D eigenvalue weighted by Crippen LogP contribution is 2.50. The summed E-state index contributed by atoms with van der Waals surface area (Å²) in [5.41, 5.74) is 0.472. The number of alkyl halides is 1. The van der Waals surface area contributed by atoms with Crippen molar-refractivity contribution in [2.75, 3.05) is 13.2 Å². The monoisotopic (exact) mass is 446 g/mol. The highest BCUT2D eigenvalue weighted by molar-refractivity contribution is 5.80. The van der Waals surface area contributed by atoms with Crippen LogP contribution in [0, 0.1) is 23.5 Å². The second-order valence-corrected chi connectivity index (χ2v) is 9.17. The van der Waals surface area contributed by atoms with Crippen molar-refractivity contribution < 1.29 is 22.6 Å². The summed E-state index contributed by atoms with van der Waals surface area (Å²) in [6, 6.07) is 6.25. The molecule has 2 aromatic carbocycles. The van der Waals surface area contributed by atoms with E-state index in [1.807, 2.05) is 0 Å². The largest absolute Gasteiger partial charge is 0.491 e. The topological polar surface area (TPSA) is 18.5 Å². The minimum Gasteiger partial charge on any atom is -0.491 e. The van der Waals surface area contributed by atoms with Gasteiger partial charge >= 0.3 is 0 Å². The van der Waals surface area contributed by atoms with Gasteiger partial charge in [-0.3, -0.25) is 0 Å². The minimum absolute atomic E-state index is 0.0103. The predicted octanol–water partition coefficient (Wildman–Crippen LogP) is 8.17. The number of ether oxygens (including phenoxy) is 2. The summed E-state index contributed by atoms with van der Waals surface area (Å²) < 4.78 is 56.3. The maximum atomic E-state index is 15.2. The van der Waals surface area contributed by atoms with Gasteiger partial charge in [0.05, 0.1) is 13.2 Å². The molecule has 0 radical (unpaired) electrons. The smallest absolute Gasteiger partial charge is 0.172 e. The summed E-state index contributed by atoms with van der Waals surface area (Å²) >= 11 is 0. The van der Waals surface area contributed by atoms with Crippen molar-refractivity contribution >= 4 is 0 Å². The number of unbranched alkanes of at least 4 members (excludes halogenated alkanes) is 2. The molecule has 1 saturated carbocycles. The molecule has 2 aliphatic rings. The molecule has 32 heavy (non-hydrogen) atoms. The van der Waals surface area contributed by atoms with Crippen molar-refractivity contribution in [3.8, 4) is 22.6 Å². The molecule has 0 spiro atoms. The van der Waals surface area contributed by atoms with Crippen molar-refractivity contribution in [1.29, 1.82) is 0 Å². The van der Waals surface area contributed by atoms with Gasteiger partial charge in [-0.1, -0.05) is 57.6 Å². The SMILES string of the molecule is CCCCCC1CCC(COc2ccc3c(c2F)C(F)c2c-3ccc(OCC)c2F)CC1. The van der Waals surface area contributed by atoms with Crippen molar-refractivity contribution in [3.63, 3.8) is 0 Å². The lowest BCUT2D eigenvalue weighted by molar-refractivity contribution is 0.173. The Hall–Kier alpha value is -2.17. The van der Waals surface area contributed by atoms with E-state index in [9.17, 15) is 4.39 Å². The van der Waals surface area contributed by atoms with Crippen molar-refractivity contribution in [1.82, 2.24) is 0 Å². The standard InChI is InChI=1S/C27H33F3O2/c1-3-5-6-7-17-8-10-18(11-9-17)16-32-22-15-13-20-19-12-14-21(31-4-2)25(28)23(19)27(30)24(20)26(22)29/h12-15,17-18,27H,3-11,16H2,1-2H3. The second kappa shape index (κ2) is 10.2. The molecule has 1 unspecified atom stereocenters. The number of hydrogen-bond donors (Lipinski definition) is 0. The predicted molar refractivity (Wildman–Crippen MR) is 121 cm³/mol. The molecule has 5 heteroatoms. The summed E-state index contributed by atoms with van der Waals surface area (Å²) in [4.78, 5) is 0. The molecular weight excluding hydrogens is 413 g/mol. The molecule has 0 bridgehead atoms. The van der Waals surface area contributed by atoms with Crippen LogP contribution in [0.2, 0.25) is 0 Å². The first-order chi connectivity index (χ1) is 15.5. The Morgan fingerprint density at radius 1 is 0.781 bits per heavy atom. The highest BCUT2D eigenvalue weighted by Gasteiger charge is 2.37. The van der Waals surface area contributed by atoms with Gasteiger partial charge in [0.25, 0.3) is 0 Å². The van der Waals surface area contributed by atoms with E-state index in [2.05, 4.69) is 6.92 Å². The maximum absolute atomic E-state index is 15.2. The Labute approximate surface area is 189 Å². The van der Waals surface area contributed by atoms with E-state index < -0.39 is 17.8 Å². The number of benzene rings is 2. The second-order valence-electron chi connectivity index (χ2n) is 9.17. The van der Waals surface area contributed by atoms with E-state index in [0.29, 0.717) is 23.7 Å². The van der Waals surface area contributed by atoms with Gasteiger partial charge in [-0.2, -0.15) is 0 Å². The number of fused-ring (bicyclic) bond motifs is 3. The lowest BCUT2D eigenvalue weighted by Gasteiger charge is -2.28. The van der Waals surface area contributed by atoms with E-state index >= 15 is 8.78 Å². The van der Waals surface area contributed by atoms with E-state index in [1.165, 1.54) is 44.6 Å². The van der Waals surface area contributed by atoms with Gasteiger partial charge in [0.15, 0.2) is 29.3 Å². The van der Waals surface area contributed by atoms with Gasteiger partial charge < -0.3 is 9.47 Å². The molecule has 0 heterocycles. The van der Waals surface area contributed by atoms with E-state index in [4.69, 9.17) is 9.47 Å². The average molecular weight is 447 g/mol. The van der Waals surface area contributed by atoms with Gasteiger partial charge in [0.1, 0.15) is 0 Å². The first kappa shape index (κ1) is 23.0. The quantitative estimate of drug-likeness (QED) is 0.362. The zero-order valence-electron chi connectivity index (χ0n) is 19.1. The van der Waals surface area contributed by atoms with Crippen molar-refractivity contribution in [3.05, 3.63) is 47.0 Å². The highest BCUT2D eigenvalue weighted by atomic mass is 19.1. The van der Waals surface area contributed by atoms with Crippen molar-refractivity contribution in [2.24, 2.45) is 11.8 Å². The van der Waals surface area contributed by atoms with E-state index in [0.717, 1.165) is 18.8 Å². The molecule has 0 aromatic heterocycles. The van der Waals surface area contributed by atoms with Crippen LogP contribution in [-0.4, -0.2) is 13.2 Å². The third kappa shape index (κ3) is 4.49. The zero-order valence-corrected chi connectivity index (χ0v) is 19.1. The lowest BCUT2D eigenvalue weighted by atomic mass is 9.80. The summed E-state index contributed by atoms with van der Waals surface area (Å²) in [5, 5.41) is 0. The summed E-state index contributed by atoms with van der Waals surface area (Å²) in [6.45, 7) is 4.66. The van der Waals surface area contributed by atoms with Crippen molar-refractivity contribution in [2.45, 2.75) is 71.4 Å². The van der Waals surface area contributed by atoms with Gasteiger partial charge in [-0.05, 0) is 54.9 Å². The van der Waals surface area contributed by atoms with Gasteiger partial charge in [0, 0.05) is 11.1 Å². The lowest BCUT2D eigenvalue weighted by Crippen LogP contribution is -2.20. The van der Waals surface area contributed by atoms with E-state index in [1.54, 1.807) is 25.1 Å². The molecular formula is C27H33F3O2. The minimum atomic E-state index is -1.87. The average Bonchev–Trinajstić information content (AvgIpc) is 3.09. The number of rotatable bonds is 9. The van der Waals surface area contributed by atoms with Gasteiger partial charge in [-0.15, -0.1) is 0 Å². The maximum Gasteiger partial charge on any atom is 0.172 e. The Morgan fingerprint density at radius 2 is 1.34 bits per heavy atom. The summed E-state index contributed by atoms with van der Waals surface area (Å²) in [5.74, 6) is -0.243. The Kier molecular flexibility index (Phi) is 7.32. The zero-order chi connectivity index (χ0) is 22.7. The molecule has 0 aliphatic heterocycles. The third-order valence-corrected chi connectivity index (χ3v) is 7.04. The van der Waals surface area contributed by atoms with Crippen LogP contribution >= 0.6 is 0 Å². The van der Waals surface area contributed by atoms with Crippen LogP contribution in [0.1, 0.15) is 82.5 Å². The Balaban J connectivity index is 1.42. The molecule has 0 N–H and O–H groups in total. The molecule has 1 fully saturated rings. The van der Waals surface area contributed by atoms with Gasteiger partial charge in [-0.25, -0.2) is 13.2 Å². The Bertz CT molecular complexity index is 935. The van der Waals surface area contributed by atoms with Crippen LogP contribution in [0.3, 0.4) is 0 Å². The third-order valence-electron chi connectivity index (χ3n) is 7.04. The first-order valence-electron chi connectivity index (χ1n) is 12.1. The number of hydrogen-bond acceptors (Lipinski definition) is 2. The van der Waals surface area contributed by atoms with E-state index in [-0.39, 0.29) is 29.2 Å². The molecule has 1 atom stereocenters. The fourth-order valence-corrected chi connectivity index (χ4v) is 5.21. The van der Waals surface area contributed by atoms with Crippen LogP contribution < -0.4 is 9.47 Å². The Morgan fingerprint density at radius 3 is 1.91 bits per heavy atom.